The number of hydrogen-bond donors (Lipinski definition) is 14. The average molecular weight is 1100 g/mol. The number of carbonyl (C=O) groups is 11. The number of imidazole rings is 1. The summed E-state index contributed by atoms with van der Waals surface area (Å²) in [5.74, 6) is -12.8. The molecular formula is C52H82N12O14. The van der Waals surface area contributed by atoms with E-state index in [-0.39, 0.29) is 74.9 Å². The summed E-state index contributed by atoms with van der Waals surface area (Å²) < 4.78 is 0. The Balaban J connectivity index is 2.47. The van der Waals surface area contributed by atoms with Gasteiger partial charge in [0.25, 0.3) is 0 Å². The van der Waals surface area contributed by atoms with E-state index in [1.54, 1.807) is 71.9 Å². The van der Waals surface area contributed by atoms with Crippen molar-refractivity contribution in [2.75, 3.05) is 6.54 Å². The van der Waals surface area contributed by atoms with E-state index < -0.39 is 138 Å². The normalized spacial score (nSPS) is 14.8. The van der Waals surface area contributed by atoms with Crippen LogP contribution in [0.5, 0.6) is 0 Å². The van der Waals surface area contributed by atoms with Gasteiger partial charge in [-0.15, -0.1) is 0 Å². The lowest BCUT2D eigenvalue weighted by Crippen LogP contribution is -2.61. The molecule has 1 aromatic heterocycles. The summed E-state index contributed by atoms with van der Waals surface area (Å²) in [4.78, 5) is 154. The van der Waals surface area contributed by atoms with E-state index in [1.807, 2.05) is 13.8 Å². The number of nitrogens with two attached hydrogens (primary N) is 2. The molecule has 1 aromatic carbocycles. The Bertz CT molecular complexity index is 2310. The lowest BCUT2D eigenvalue weighted by molar-refractivity contribution is -0.143. The fraction of sp³-hybridized carbons (Fsp3) is 0.615. The molecule has 0 aliphatic carbocycles. The molecule has 78 heavy (non-hydrogen) atoms. The molecule has 434 valence electrons. The summed E-state index contributed by atoms with van der Waals surface area (Å²) in [6.07, 6.45) is 1.08. The summed E-state index contributed by atoms with van der Waals surface area (Å²) in [5, 5.41) is 49.4. The molecule has 0 radical (unpaired) electrons. The van der Waals surface area contributed by atoms with Gasteiger partial charge < -0.3 is 74.3 Å². The van der Waals surface area contributed by atoms with Crippen molar-refractivity contribution in [2.24, 2.45) is 35.1 Å². The highest BCUT2D eigenvalue weighted by Crippen LogP contribution is 2.14. The molecule has 0 bridgehead atoms. The smallest absolute Gasteiger partial charge is 0.326 e. The van der Waals surface area contributed by atoms with Gasteiger partial charge in [-0.05, 0) is 74.3 Å². The Hall–Kier alpha value is -7.48. The molecule has 0 aliphatic heterocycles. The van der Waals surface area contributed by atoms with Crippen LogP contribution in [0.1, 0.15) is 118 Å². The van der Waals surface area contributed by atoms with E-state index in [4.69, 9.17) is 11.5 Å². The Morgan fingerprint density at radius 2 is 0.949 bits per heavy atom. The summed E-state index contributed by atoms with van der Waals surface area (Å²) >= 11 is 0. The lowest BCUT2D eigenvalue weighted by Gasteiger charge is -2.29. The standard InChI is InChI=1S/C52H82N12O14/c1-27(2)18-33(54)44(69)58-36(21-31-14-10-9-11-15-31)46(71)61-39(24-42(67)68)49(74)62-38(23-41(65)66)48(73)60-37(22-32-25-55-26-56-32)47(72)57-34(16-12-13-17-53)45(70)59-35(19-28(3)4)50(75)64-43(30(7)8)51(76)63-40(52(77)78)20-29(5)6/h9-11,14-15,25-30,33-40,43H,12-13,16-24,53-54H2,1-8H3,(H,55,56)(H,57,72)(H,58,69)(H,59,70)(H,60,73)(H,61,71)(H,62,74)(H,63,76)(H,64,75)(H,65,66)(H,67,68)(H,77,78)/t33-,34-,35-,36-,37-,38-,39-,40-,43-/m0/s1. The molecule has 2 aromatic rings. The highest BCUT2D eigenvalue weighted by atomic mass is 16.4. The minimum absolute atomic E-state index is 0.0118. The van der Waals surface area contributed by atoms with E-state index in [0.717, 1.165) is 0 Å². The molecule has 9 atom stereocenters. The molecule has 0 saturated carbocycles. The van der Waals surface area contributed by atoms with Crippen molar-refractivity contribution in [3.8, 4) is 0 Å². The molecule has 0 unspecified atom stereocenters. The fourth-order valence-electron chi connectivity index (χ4n) is 8.12. The molecule has 26 heteroatoms. The number of nitrogens with zero attached hydrogens (tertiary/aromatic N) is 1. The van der Waals surface area contributed by atoms with Gasteiger partial charge in [0.1, 0.15) is 48.3 Å². The fourth-order valence-corrected chi connectivity index (χ4v) is 8.12. The molecule has 1 heterocycles. The van der Waals surface area contributed by atoms with Crippen molar-refractivity contribution in [1.82, 2.24) is 52.5 Å². The van der Waals surface area contributed by atoms with Gasteiger partial charge >= 0.3 is 17.9 Å². The first-order valence-electron chi connectivity index (χ1n) is 26.2. The summed E-state index contributed by atoms with van der Waals surface area (Å²) in [7, 11) is 0. The van der Waals surface area contributed by atoms with Gasteiger partial charge in [-0.3, -0.25) is 47.9 Å². The van der Waals surface area contributed by atoms with Crippen molar-refractivity contribution >= 4 is 65.2 Å². The van der Waals surface area contributed by atoms with Crippen LogP contribution in [0.2, 0.25) is 0 Å². The highest BCUT2D eigenvalue weighted by molar-refractivity contribution is 5.99. The first kappa shape index (κ1) is 66.6. The van der Waals surface area contributed by atoms with E-state index >= 15 is 0 Å². The Morgan fingerprint density at radius 3 is 1.42 bits per heavy atom. The molecule has 0 spiro atoms. The number of aliphatic carboxylic acids is 3. The molecule has 8 amide bonds. The number of benzene rings is 1. The highest BCUT2D eigenvalue weighted by Gasteiger charge is 2.37. The lowest BCUT2D eigenvalue weighted by atomic mass is 9.98. The van der Waals surface area contributed by atoms with Gasteiger partial charge in [-0.25, -0.2) is 9.78 Å². The van der Waals surface area contributed by atoms with Gasteiger partial charge in [0, 0.05) is 24.7 Å². The van der Waals surface area contributed by atoms with Crippen LogP contribution < -0.4 is 54.0 Å². The predicted molar refractivity (Wildman–Crippen MR) is 284 cm³/mol. The van der Waals surface area contributed by atoms with Crippen LogP contribution in [0.25, 0.3) is 0 Å². The monoisotopic (exact) mass is 1100 g/mol. The van der Waals surface area contributed by atoms with Crippen LogP contribution in [0.4, 0.5) is 0 Å². The third kappa shape index (κ3) is 24.7. The van der Waals surface area contributed by atoms with Crippen LogP contribution in [0, 0.1) is 23.7 Å². The second-order valence-electron chi connectivity index (χ2n) is 20.9. The second-order valence-corrected chi connectivity index (χ2v) is 20.9. The van der Waals surface area contributed by atoms with Gasteiger partial charge in [-0.1, -0.05) is 85.7 Å². The Labute approximate surface area is 454 Å². The maximum absolute atomic E-state index is 14.3. The van der Waals surface area contributed by atoms with E-state index in [9.17, 15) is 68.1 Å². The first-order chi connectivity index (χ1) is 36.6. The number of H-pyrrole nitrogens is 1. The van der Waals surface area contributed by atoms with Gasteiger partial charge in [-0.2, -0.15) is 0 Å². The van der Waals surface area contributed by atoms with Crippen LogP contribution in [-0.2, 0) is 65.6 Å². The molecule has 2 rings (SSSR count). The number of carboxylic acid groups (broad SMARTS) is 3. The number of carbonyl (C=O) groups excluding carboxylic acids is 8. The SMILES string of the molecule is CC(C)C[C@H](NC(=O)[C@@H](NC(=O)[C@H](CC(C)C)NC(=O)[C@H](CCCCN)NC(=O)[C@H](Cc1cnc[nH]1)NC(=O)[C@H](CC(=O)O)NC(=O)[C@H](CC(=O)O)NC(=O)[C@H](Cc1ccccc1)NC(=O)[C@@H](N)CC(C)C)C(C)C)C(=O)O. The van der Waals surface area contributed by atoms with Crippen molar-refractivity contribution in [3.05, 3.63) is 54.1 Å². The van der Waals surface area contributed by atoms with E-state index in [1.165, 1.54) is 12.5 Å². The topological polar surface area (TPSA) is 425 Å². The van der Waals surface area contributed by atoms with Crippen LogP contribution in [0.3, 0.4) is 0 Å². The number of rotatable bonds is 36. The van der Waals surface area contributed by atoms with Crippen molar-refractivity contribution in [2.45, 2.75) is 174 Å². The third-order valence-electron chi connectivity index (χ3n) is 12.1. The minimum Gasteiger partial charge on any atom is -0.481 e. The van der Waals surface area contributed by atoms with E-state index in [2.05, 4.69) is 52.5 Å². The number of unbranched alkanes of at least 4 members (excludes halogenated alkanes) is 1. The van der Waals surface area contributed by atoms with Crippen LogP contribution >= 0.6 is 0 Å². The number of aromatic nitrogens is 2. The molecule has 0 saturated heterocycles. The number of nitrogens with one attached hydrogen (secondary N) is 9. The number of amides is 8. The van der Waals surface area contributed by atoms with Crippen molar-refractivity contribution < 1.29 is 68.1 Å². The maximum Gasteiger partial charge on any atom is 0.326 e. The zero-order valence-corrected chi connectivity index (χ0v) is 45.8. The Morgan fingerprint density at radius 1 is 0.513 bits per heavy atom. The van der Waals surface area contributed by atoms with Crippen molar-refractivity contribution in [1.29, 1.82) is 0 Å². The minimum atomic E-state index is -2.00. The summed E-state index contributed by atoms with van der Waals surface area (Å²) in [6, 6.07) is -4.65. The maximum atomic E-state index is 14.3. The largest absolute Gasteiger partial charge is 0.481 e. The molecule has 16 N–H and O–H groups in total. The Kier molecular flexibility index (Phi) is 28.7. The van der Waals surface area contributed by atoms with Crippen LogP contribution in [-0.4, -0.2) is 151 Å². The van der Waals surface area contributed by atoms with Gasteiger partial charge in [0.2, 0.25) is 47.3 Å². The van der Waals surface area contributed by atoms with Gasteiger partial charge in [0.05, 0.1) is 25.2 Å². The zero-order chi connectivity index (χ0) is 58.8. The molecule has 26 nitrogen and oxygen atoms in total. The van der Waals surface area contributed by atoms with Crippen LogP contribution in [0.15, 0.2) is 42.9 Å². The summed E-state index contributed by atoms with van der Waals surface area (Å²) in [5.41, 5.74) is 12.7. The van der Waals surface area contributed by atoms with Crippen molar-refractivity contribution in [3.63, 3.8) is 0 Å². The van der Waals surface area contributed by atoms with E-state index in [0.29, 0.717) is 12.0 Å². The number of carboxylic acids is 3. The molecular weight excluding hydrogens is 1020 g/mol. The number of aromatic amines is 1. The molecule has 0 aliphatic rings. The predicted octanol–water partition coefficient (Wildman–Crippen LogP) is -0.642. The summed E-state index contributed by atoms with van der Waals surface area (Å²) in [6.45, 7) is 14.3. The third-order valence-corrected chi connectivity index (χ3v) is 12.1. The zero-order valence-electron chi connectivity index (χ0n) is 45.8. The molecule has 0 fully saturated rings. The quantitative estimate of drug-likeness (QED) is 0.0377. The number of hydrogen-bond acceptors (Lipinski definition) is 14. The first-order valence-corrected chi connectivity index (χ1v) is 26.2. The second kappa shape index (κ2) is 33.6. The average Bonchev–Trinajstić information content (AvgIpc) is 3.86. The van der Waals surface area contributed by atoms with Gasteiger partial charge in [0.15, 0.2) is 0 Å².